The van der Waals surface area contributed by atoms with E-state index in [1.54, 1.807) is 62.6 Å². The van der Waals surface area contributed by atoms with E-state index in [2.05, 4.69) is 10.3 Å². The lowest BCUT2D eigenvalue weighted by Crippen LogP contribution is -2.18. The Kier molecular flexibility index (Phi) is 4.64. The van der Waals surface area contributed by atoms with Crippen LogP contribution in [0.2, 0.25) is 0 Å². The molecule has 0 aliphatic heterocycles. The Morgan fingerprint density at radius 2 is 1.79 bits per heavy atom. The normalized spacial score (nSPS) is 10.9. The van der Waals surface area contributed by atoms with Gasteiger partial charge in [0.25, 0.3) is 5.91 Å². The molecule has 4 aromatic rings. The number of hydrogen-bond donors (Lipinski definition) is 1. The molecule has 1 amide bonds. The number of esters is 1. The van der Waals surface area contributed by atoms with E-state index in [0.29, 0.717) is 39.7 Å². The van der Waals surface area contributed by atoms with Gasteiger partial charge in [0.05, 0.1) is 11.1 Å². The quantitative estimate of drug-likeness (QED) is 0.411. The minimum atomic E-state index is -0.394. The van der Waals surface area contributed by atoms with Crippen molar-refractivity contribution in [1.29, 1.82) is 0 Å². The SMILES string of the molecule is CNC(=O)c1c(C)oc2cc(Oc3ccnc4cc(OC(C)=O)ccc34)ccc12. The number of benzene rings is 2. The summed E-state index contributed by atoms with van der Waals surface area (Å²) < 4.78 is 16.9. The zero-order chi connectivity index (χ0) is 20.5. The van der Waals surface area contributed by atoms with E-state index in [1.165, 1.54) is 6.92 Å². The van der Waals surface area contributed by atoms with Crippen molar-refractivity contribution in [3.8, 4) is 17.2 Å². The van der Waals surface area contributed by atoms with Crippen LogP contribution in [0.1, 0.15) is 23.0 Å². The number of furan rings is 1. The molecule has 0 saturated carbocycles. The molecule has 1 N–H and O–H groups in total. The van der Waals surface area contributed by atoms with Gasteiger partial charge >= 0.3 is 5.97 Å². The summed E-state index contributed by atoms with van der Waals surface area (Å²) in [6, 6.07) is 12.2. The average molecular weight is 390 g/mol. The number of aryl methyl sites for hydroxylation is 1. The lowest BCUT2D eigenvalue weighted by Gasteiger charge is -2.09. The molecule has 0 spiro atoms. The number of amides is 1. The lowest BCUT2D eigenvalue weighted by atomic mass is 10.1. The molecule has 0 radical (unpaired) electrons. The van der Waals surface area contributed by atoms with E-state index >= 15 is 0 Å². The predicted molar refractivity (Wildman–Crippen MR) is 107 cm³/mol. The highest BCUT2D eigenvalue weighted by Crippen LogP contribution is 2.34. The first kappa shape index (κ1) is 18.5. The zero-order valence-electron chi connectivity index (χ0n) is 16.1. The molecule has 0 aliphatic carbocycles. The second kappa shape index (κ2) is 7.27. The summed E-state index contributed by atoms with van der Waals surface area (Å²) in [5.74, 6) is 1.53. The van der Waals surface area contributed by atoms with Gasteiger partial charge in [0.1, 0.15) is 28.6 Å². The molecule has 2 heterocycles. The molecule has 0 atom stereocenters. The Labute approximate surface area is 166 Å². The molecule has 29 heavy (non-hydrogen) atoms. The Balaban J connectivity index is 1.70. The van der Waals surface area contributed by atoms with Gasteiger partial charge in [-0.3, -0.25) is 14.6 Å². The van der Waals surface area contributed by atoms with Gasteiger partial charge in [-0.1, -0.05) is 0 Å². The molecule has 0 aliphatic rings. The number of nitrogens with zero attached hydrogens (tertiary/aromatic N) is 1. The summed E-state index contributed by atoms with van der Waals surface area (Å²) in [6.07, 6.45) is 1.62. The first-order chi connectivity index (χ1) is 14.0. The third-order valence-electron chi connectivity index (χ3n) is 4.46. The number of pyridine rings is 1. The third-order valence-corrected chi connectivity index (χ3v) is 4.46. The molecule has 7 heteroatoms. The smallest absolute Gasteiger partial charge is 0.308 e. The summed E-state index contributed by atoms with van der Waals surface area (Å²) in [7, 11) is 1.58. The van der Waals surface area contributed by atoms with E-state index in [4.69, 9.17) is 13.9 Å². The Bertz CT molecular complexity index is 1260. The second-order valence-electron chi connectivity index (χ2n) is 6.45. The van der Waals surface area contributed by atoms with E-state index in [-0.39, 0.29) is 5.91 Å². The molecular weight excluding hydrogens is 372 g/mol. The van der Waals surface area contributed by atoms with Crippen LogP contribution in [0.4, 0.5) is 0 Å². The maximum absolute atomic E-state index is 12.1. The van der Waals surface area contributed by atoms with E-state index in [0.717, 1.165) is 10.8 Å². The van der Waals surface area contributed by atoms with Gasteiger partial charge in [-0.15, -0.1) is 0 Å². The van der Waals surface area contributed by atoms with Crippen LogP contribution in [0.3, 0.4) is 0 Å². The summed E-state index contributed by atoms with van der Waals surface area (Å²) in [4.78, 5) is 27.5. The van der Waals surface area contributed by atoms with Crippen molar-refractivity contribution >= 4 is 33.7 Å². The average Bonchev–Trinajstić information content (AvgIpc) is 3.02. The van der Waals surface area contributed by atoms with Crippen molar-refractivity contribution in [3.05, 3.63) is 60.0 Å². The van der Waals surface area contributed by atoms with Crippen LogP contribution in [-0.2, 0) is 4.79 Å². The number of fused-ring (bicyclic) bond motifs is 2. The van der Waals surface area contributed by atoms with Crippen molar-refractivity contribution in [3.63, 3.8) is 0 Å². The Morgan fingerprint density at radius 3 is 2.55 bits per heavy atom. The lowest BCUT2D eigenvalue weighted by molar-refractivity contribution is -0.131. The zero-order valence-corrected chi connectivity index (χ0v) is 16.1. The predicted octanol–water partition coefficient (Wildman–Crippen LogP) is 4.37. The molecular formula is C22H18N2O5. The summed E-state index contributed by atoms with van der Waals surface area (Å²) in [6.45, 7) is 3.10. The fourth-order valence-electron chi connectivity index (χ4n) is 3.22. The second-order valence-corrected chi connectivity index (χ2v) is 6.45. The van der Waals surface area contributed by atoms with Gasteiger partial charge in [0.15, 0.2) is 0 Å². The summed E-state index contributed by atoms with van der Waals surface area (Å²) in [5, 5.41) is 4.11. The maximum atomic E-state index is 12.1. The molecule has 4 rings (SSSR count). The van der Waals surface area contributed by atoms with Crippen molar-refractivity contribution in [1.82, 2.24) is 10.3 Å². The van der Waals surface area contributed by atoms with Gasteiger partial charge in [-0.25, -0.2) is 0 Å². The van der Waals surface area contributed by atoms with Gasteiger partial charge < -0.3 is 19.2 Å². The third kappa shape index (κ3) is 3.50. The van der Waals surface area contributed by atoms with Crippen molar-refractivity contribution in [2.24, 2.45) is 0 Å². The molecule has 2 aromatic carbocycles. The minimum absolute atomic E-state index is 0.196. The Hall–Kier alpha value is -3.87. The number of carbonyl (C=O) groups is 2. The van der Waals surface area contributed by atoms with Gasteiger partial charge in [-0.2, -0.15) is 0 Å². The minimum Gasteiger partial charge on any atom is -0.460 e. The largest absolute Gasteiger partial charge is 0.460 e. The highest BCUT2D eigenvalue weighted by atomic mass is 16.5. The standard InChI is InChI=1S/C22H18N2O5/c1-12-21(22(26)23-3)17-7-5-15(11-20(17)27-12)29-19-8-9-24-18-10-14(28-13(2)25)4-6-16(18)19/h4-11H,1-3H3,(H,23,26). The van der Waals surface area contributed by atoms with Crippen LogP contribution in [0.5, 0.6) is 17.2 Å². The van der Waals surface area contributed by atoms with E-state index in [1.807, 2.05) is 0 Å². The van der Waals surface area contributed by atoms with E-state index < -0.39 is 5.97 Å². The van der Waals surface area contributed by atoms with Gasteiger partial charge in [0.2, 0.25) is 0 Å². The molecule has 7 nitrogen and oxygen atoms in total. The molecule has 0 bridgehead atoms. The van der Waals surface area contributed by atoms with Crippen LogP contribution in [0, 0.1) is 6.92 Å². The van der Waals surface area contributed by atoms with Crippen LogP contribution in [0.25, 0.3) is 21.9 Å². The Morgan fingerprint density at radius 1 is 1.03 bits per heavy atom. The highest BCUT2D eigenvalue weighted by molar-refractivity contribution is 6.07. The van der Waals surface area contributed by atoms with Gasteiger partial charge in [0, 0.05) is 43.1 Å². The van der Waals surface area contributed by atoms with Crippen LogP contribution >= 0.6 is 0 Å². The van der Waals surface area contributed by atoms with Crippen LogP contribution in [0.15, 0.2) is 53.1 Å². The van der Waals surface area contributed by atoms with Crippen molar-refractivity contribution in [2.45, 2.75) is 13.8 Å². The number of aromatic nitrogens is 1. The number of nitrogens with one attached hydrogen (secondary N) is 1. The highest BCUT2D eigenvalue weighted by Gasteiger charge is 2.18. The fourth-order valence-corrected chi connectivity index (χ4v) is 3.22. The van der Waals surface area contributed by atoms with Crippen LogP contribution in [-0.4, -0.2) is 23.9 Å². The molecule has 2 aromatic heterocycles. The number of carbonyl (C=O) groups excluding carboxylic acids is 2. The maximum Gasteiger partial charge on any atom is 0.308 e. The first-order valence-corrected chi connectivity index (χ1v) is 8.96. The monoisotopic (exact) mass is 390 g/mol. The number of rotatable bonds is 4. The summed E-state index contributed by atoms with van der Waals surface area (Å²) >= 11 is 0. The van der Waals surface area contributed by atoms with Crippen molar-refractivity contribution < 1.29 is 23.5 Å². The van der Waals surface area contributed by atoms with Gasteiger partial charge in [-0.05, 0) is 37.3 Å². The molecule has 146 valence electrons. The van der Waals surface area contributed by atoms with Crippen LogP contribution < -0.4 is 14.8 Å². The van der Waals surface area contributed by atoms with Crippen molar-refractivity contribution in [2.75, 3.05) is 7.05 Å². The first-order valence-electron chi connectivity index (χ1n) is 8.96. The molecule has 0 saturated heterocycles. The topological polar surface area (TPSA) is 90.7 Å². The molecule has 0 unspecified atom stereocenters. The number of ether oxygens (including phenoxy) is 2. The summed E-state index contributed by atoms with van der Waals surface area (Å²) in [5.41, 5.74) is 1.72. The molecule has 0 fully saturated rings. The fraction of sp³-hybridized carbons (Fsp3) is 0.136. The van der Waals surface area contributed by atoms with E-state index in [9.17, 15) is 9.59 Å². The number of hydrogen-bond acceptors (Lipinski definition) is 6.